The first-order valence-corrected chi connectivity index (χ1v) is 4.24. The van der Waals surface area contributed by atoms with Crippen molar-refractivity contribution >= 4 is 5.97 Å². The Morgan fingerprint density at radius 2 is 2.31 bits per heavy atom. The SMILES string of the molecule is CC(C)c1ncn(C)c1CC(=O)O. The fourth-order valence-corrected chi connectivity index (χ4v) is 1.31. The molecule has 1 N–H and O–H groups in total. The Balaban J connectivity index is 3.01. The van der Waals surface area contributed by atoms with Gasteiger partial charge in [0.15, 0.2) is 0 Å². The highest BCUT2D eigenvalue weighted by molar-refractivity contribution is 5.70. The van der Waals surface area contributed by atoms with Gasteiger partial charge in [-0.15, -0.1) is 0 Å². The molecule has 72 valence electrons. The summed E-state index contributed by atoms with van der Waals surface area (Å²) in [5.74, 6) is -0.541. The van der Waals surface area contributed by atoms with Crippen LogP contribution in [0.4, 0.5) is 0 Å². The molecule has 1 heterocycles. The van der Waals surface area contributed by atoms with Crippen molar-refractivity contribution in [1.29, 1.82) is 0 Å². The first kappa shape index (κ1) is 9.77. The van der Waals surface area contributed by atoms with Crippen LogP contribution in [0.5, 0.6) is 0 Å². The smallest absolute Gasteiger partial charge is 0.309 e. The zero-order chi connectivity index (χ0) is 10.0. The molecule has 0 saturated carbocycles. The van der Waals surface area contributed by atoms with Gasteiger partial charge in [-0.3, -0.25) is 4.79 Å². The first-order chi connectivity index (χ1) is 6.02. The summed E-state index contributed by atoms with van der Waals surface area (Å²) < 4.78 is 1.77. The zero-order valence-electron chi connectivity index (χ0n) is 8.11. The van der Waals surface area contributed by atoms with Crippen LogP contribution in [0.3, 0.4) is 0 Å². The van der Waals surface area contributed by atoms with Gasteiger partial charge in [0.05, 0.1) is 24.1 Å². The Labute approximate surface area is 77.2 Å². The molecule has 1 aromatic heterocycles. The van der Waals surface area contributed by atoms with Gasteiger partial charge in [-0.05, 0) is 5.92 Å². The van der Waals surface area contributed by atoms with E-state index in [4.69, 9.17) is 5.11 Å². The Morgan fingerprint density at radius 3 is 2.77 bits per heavy atom. The van der Waals surface area contributed by atoms with Crippen LogP contribution in [0.15, 0.2) is 6.33 Å². The van der Waals surface area contributed by atoms with Crippen molar-refractivity contribution < 1.29 is 9.90 Å². The third kappa shape index (κ3) is 2.08. The Morgan fingerprint density at radius 1 is 1.69 bits per heavy atom. The lowest BCUT2D eigenvalue weighted by atomic mass is 10.1. The van der Waals surface area contributed by atoms with Crippen LogP contribution in [0, 0.1) is 0 Å². The lowest BCUT2D eigenvalue weighted by Crippen LogP contribution is -2.08. The number of hydrogen-bond donors (Lipinski definition) is 1. The number of aromatic nitrogens is 2. The van der Waals surface area contributed by atoms with Crippen LogP contribution >= 0.6 is 0 Å². The second-order valence-corrected chi connectivity index (χ2v) is 3.41. The molecule has 0 spiro atoms. The lowest BCUT2D eigenvalue weighted by Gasteiger charge is -2.05. The molecule has 1 aromatic rings. The van der Waals surface area contributed by atoms with E-state index in [0.29, 0.717) is 0 Å². The normalized spacial score (nSPS) is 10.8. The van der Waals surface area contributed by atoms with Crippen LogP contribution in [0.2, 0.25) is 0 Å². The molecule has 4 nitrogen and oxygen atoms in total. The zero-order valence-corrected chi connectivity index (χ0v) is 8.11. The van der Waals surface area contributed by atoms with E-state index >= 15 is 0 Å². The van der Waals surface area contributed by atoms with E-state index in [0.717, 1.165) is 11.4 Å². The summed E-state index contributed by atoms with van der Waals surface area (Å²) in [6.07, 6.45) is 1.71. The molecular weight excluding hydrogens is 168 g/mol. The van der Waals surface area contributed by atoms with E-state index in [2.05, 4.69) is 4.98 Å². The van der Waals surface area contributed by atoms with Crippen LogP contribution in [-0.4, -0.2) is 20.6 Å². The number of nitrogens with zero attached hydrogens (tertiary/aromatic N) is 2. The predicted octanol–water partition coefficient (Wildman–Crippen LogP) is 1.17. The van der Waals surface area contributed by atoms with Crippen LogP contribution in [-0.2, 0) is 18.3 Å². The van der Waals surface area contributed by atoms with E-state index < -0.39 is 5.97 Å². The fourth-order valence-electron chi connectivity index (χ4n) is 1.31. The molecule has 0 amide bonds. The molecule has 0 fully saturated rings. The minimum Gasteiger partial charge on any atom is -0.481 e. The molecule has 4 heteroatoms. The Hall–Kier alpha value is -1.32. The van der Waals surface area contributed by atoms with Gasteiger partial charge in [0.25, 0.3) is 0 Å². The van der Waals surface area contributed by atoms with Gasteiger partial charge in [-0.25, -0.2) is 4.98 Å². The number of carboxylic acids is 1. The number of aryl methyl sites for hydroxylation is 1. The summed E-state index contributed by atoms with van der Waals surface area (Å²) in [5.41, 5.74) is 1.67. The Bertz CT molecular complexity index is 315. The quantitative estimate of drug-likeness (QED) is 0.763. The van der Waals surface area contributed by atoms with E-state index in [1.807, 2.05) is 20.9 Å². The molecule has 0 aliphatic heterocycles. The molecule has 0 radical (unpaired) electrons. The van der Waals surface area contributed by atoms with Gasteiger partial charge in [0.1, 0.15) is 0 Å². The van der Waals surface area contributed by atoms with Gasteiger partial charge in [0.2, 0.25) is 0 Å². The number of rotatable bonds is 3. The molecule has 0 bridgehead atoms. The second-order valence-electron chi connectivity index (χ2n) is 3.41. The summed E-state index contributed by atoms with van der Waals surface area (Å²) in [6.45, 7) is 4.02. The van der Waals surface area contributed by atoms with Gasteiger partial charge in [-0.1, -0.05) is 13.8 Å². The predicted molar refractivity (Wildman–Crippen MR) is 48.6 cm³/mol. The topological polar surface area (TPSA) is 55.1 Å². The minimum absolute atomic E-state index is 0.0456. The average molecular weight is 182 g/mol. The molecule has 1 rings (SSSR count). The summed E-state index contributed by atoms with van der Waals surface area (Å²) >= 11 is 0. The number of carbonyl (C=O) groups is 1. The number of aliphatic carboxylic acids is 1. The van der Waals surface area contributed by atoms with Crippen molar-refractivity contribution in [2.45, 2.75) is 26.2 Å². The van der Waals surface area contributed by atoms with Gasteiger partial charge in [-0.2, -0.15) is 0 Å². The van der Waals surface area contributed by atoms with Crippen molar-refractivity contribution in [2.75, 3.05) is 0 Å². The van der Waals surface area contributed by atoms with Gasteiger partial charge in [0, 0.05) is 7.05 Å². The molecule has 0 aliphatic rings. The van der Waals surface area contributed by atoms with Crippen LogP contribution < -0.4 is 0 Å². The minimum atomic E-state index is -0.814. The number of imidazole rings is 1. The van der Waals surface area contributed by atoms with Crippen molar-refractivity contribution in [3.63, 3.8) is 0 Å². The van der Waals surface area contributed by atoms with Crippen molar-refractivity contribution in [3.05, 3.63) is 17.7 Å². The maximum atomic E-state index is 10.6. The summed E-state index contributed by atoms with van der Waals surface area (Å²) in [4.78, 5) is 14.7. The monoisotopic (exact) mass is 182 g/mol. The molecule has 0 aromatic carbocycles. The third-order valence-electron chi connectivity index (χ3n) is 1.96. The number of carboxylic acid groups (broad SMARTS) is 1. The summed E-state index contributed by atoms with van der Waals surface area (Å²) in [5, 5.41) is 8.67. The van der Waals surface area contributed by atoms with Gasteiger partial charge >= 0.3 is 5.97 Å². The molecule has 0 atom stereocenters. The van der Waals surface area contributed by atoms with Crippen LogP contribution in [0.25, 0.3) is 0 Å². The fraction of sp³-hybridized carbons (Fsp3) is 0.556. The molecule has 13 heavy (non-hydrogen) atoms. The maximum Gasteiger partial charge on any atom is 0.309 e. The van der Waals surface area contributed by atoms with E-state index in [1.54, 1.807) is 10.9 Å². The van der Waals surface area contributed by atoms with Crippen molar-refractivity contribution in [3.8, 4) is 0 Å². The van der Waals surface area contributed by atoms with Crippen molar-refractivity contribution in [2.24, 2.45) is 7.05 Å². The highest BCUT2D eigenvalue weighted by Gasteiger charge is 2.14. The molecule has 0 unspecified atom stereocenters. The van der Waals surface area contributed by atoms with Gasteiger partial charge < -0.3 is 9.67 Å². The molecule has 0 saturated heterocycles. The highest BCUT2D eigenvalue weighted by atomic mass is 16.4. The van der Waals surface area contributed by atoms with E-state index in [9.17, 15) is 4.79 Å². The number of hydrogen-bond acceptors (Lipinski definition) is 2. The Kier molecular flexibility index (Phi) is 2.70. The second kappa shape index (κ2) is 3.60. The first-order valence-electron chi connectivity index (χ1n) is 4.24. The molecular formula is C9H14N2O2. The largest absolute Gasteiger partial charge is 0.481 e. The third-order valence-corrected chi connectivity index (χ3v) is 1.96. The summed E-state index contributed by atoms with van der Waals surface area (Å²) in [7, 11) is 1.82. The average Bonchev–Trinajstić information content (AvgIpc) is 2.32. The van der Waals surface area contributed by atoms with E-state index in [1.165, 1.54) is 0 Å². The standard InChI is InChI=1S/C9H14N2O2/c1-6(2)9-7(4-8(12)13)11(3)5-10-9/h5-6H,4H2,1-3H3,(H,12,13). The van der Waals surface area contributed by atoms with Crippen LogP contribution in [0.1, 0.15) is 31.2 Å². The maximum absolute atomic E-state index is 10.6. The summed E-state index contributed by atoms with van der Waals surface area (Å²) in [6, 6.07) is 0. The lowest BCUT2D eigenvalue weighted by molar-refractivity contribution is -0.136. The highest BCUT2D eigenvalue weighted by Crippen LogP contribution is 2.17. The van der Waals surface area contributed by atoms with E-state index in [-0.39, 0.29) is 12.3 Å². The molecule has 0 aliphatic carbocycles. The van der Waals surface area contributed by atoms with Crippen molar-refractivity contribution in [1.82, 2.24) is 9.55 Å².